The highest BCUT2D eigenvalue weighted by molar-refractivity contribution is 5.90. The first-order chi connectivity index (χ1) is 13.3. The first-order valence-electron chi connectivity index (χ1n) is 8.54. The van der Waals surface area contributed by atoms with Gasteiger partial charge in [-0.05, 0) is 29.3 Å². The first kappa shape index (κ1) is 21.0. The molecular weight excluding hydrogens is 370 g/mol. The highest BCUT2D eigenvalue weighted by Gasteiger charge is 2.27. The van der Waals surface area contributed by atoms with Crippen molar-refractivity contribution >= 4 is 17.8 Å². The van der Waals surface area contributed by atoms with Crippen LogP contribution in [0.4, 0.5) is 8.78 Å². The number of carboxylic acids is 1. The molecule has 0 aliphatic rings. The lowest BCUT2D eigenvalue weighted by atomic mass is 10.0. The summed E-state index contributed by atoms with van der Waals surface area (Å²) in [5.74, 6) is -3.57. The first-order valence-corrected chi connectivity index (χ1v) is 8.54. The van der Waals surface area contributed by atoms with Crippen molar-refractivity contribution in [1.82, 2.24) is 10.6 Å². The lowest BCUT2D eigenvalue weighted by Gasteiger charge is -2.21. The molecule has 0 aliphatic carbocycles. The summed E-state index contributed by atoms with van der Waals surface area (Å²) in [6.45, 7) is 1.22. The molecule has 28 heavy (non-hydrogen) atoms. The van der Waals surface area contributed by atoms with E-state index in [1.165, 1.54) is 49.4 Å². The van der Waals surface area contributed by atoms with E-state index in [0.29, 0.717) is 5.56 Å². The van der Waals surface area contributed by atoms with Gasteiger partial charge in [-0.15, -0.1) is 0 Å². The third-order valence-corrected chi connectivity index (χ3v) is 4.04. The van der Waals surface area contributed by atoms with Crippen molar-refractivity contribution in [1.29, 1.82) is 0 Å². The highest BCUT2D eigenvalue weighted by atomic mass is 19.1. The fourth-order valence-electron chi connectivity index (χ4n) is 2.67. The summed E-state index contributed by atoms with van der Waals surface area (Å²) in [6.07, 6.45) is -0.213. The standard InChI is InChI=1S/C20H20F2N2O4/c1-12(25)23-17(10-13-6-8-15(21)9-7-13)19(26)24-18(20(27)28)11-14-4-2-3-5-16(14)22/h2-9,17-18H,10-11H2,1H3,(H,23,25)(H,24,26)(H,27,28)/t17-,18-/m0/s1. The molecule has 0 heterocycles. The van der Waals surface area contributed by atoms with E-state index >= 15 is 0 Å². The van der Waals surface area contributed by atoms with Crippen LogP contribution in [0.2, 0.25) is 0 Å². The van der Waals surface area contributed by atoms with Crippen LogP contribution in [0, 0.1) is 11.6 Å². The minimum absolute atomic E-state index is 0.0394. The van der Waals surface area contributed by atoms with Crippen molar-refractivity contribution in [2.45, 2.75) is 31.8 Å². The van der Waals surface area contributed by atoms with Crippen molar-refractivity contribution in [2.24, 2.45) is 0 Å². The lowest BCUT2D eigenvalue weighted by molar-refractivity contribution is -0.142. The van der Waals surface area contributed by atoms with Crippen molar-refractivity contribution in [3.8, 4) is 0 Å². The summed E-state index contributed by atoms with van der Waals surface area (Å²) in [5.41, 5.74) is 0.723. The van der Waals surface area contributed by atoms with E-state index < -0.39 is 41.5 Å². The van der Waals surface area contributed by atoms with Crippen LogP contribution in [-0.2, 0) is 27.2 Å². The number of aliphatic carboxylic acids is 1. The quantitative estimate of drug-likeness (QED) is 0.641. The summed E-state index contributed by atoms with van der Waals surface area (Å²) in [6, 6.07) is 8.59. The van der Waals surface area contributed by atoms with Crippen LogP contribution in [0.25, 0.3) is 0 Å². The summed E-state index contributed by atoms with van der Waals surface area (Å²) >= 11 is 0. The molecule has 2 amide bonds. The van der Waals surface area contributed by atoms with Crippen LogP contribution in [0.3, 0.4) is 0 Å². The number of carbonyl (C=O) groups is 3. The van der Waals surface area contributed by atoms with Gasteiger partial charge in [-0.2, -0.15) is 0 Å². The number of carbonyl (C=O) groups excluding carboxylic acids is 2. The van der Waals surface area contributed by atoms with Gasteiger partial charge in [-0.25, -0.2) is 13.6 Å². The smallest absolute Gasteiger partial charge is 0.326 e. The van der Waals surface area contributed by atoms with Crippen LogP contribution in [0.1, 0.15) is 18.1 Å². The molecule has 0 radical (unpaired) electrons. The van der Waals surface area contributed by atoms with Crippen molar-refractivity contribution in [3.63, 3.8) is 0 Å². The van der Waals surface area contributed by atoms with E-state index in [1.807, 2.05) is 0 Å². The number of carboxylic acid groups (broad SMARTS) is 1. The zero-order valence-corrected chi connectivity index (χ0v) is 15.1. The van der Waals surface area contributed by atoms with Crippen LogP contribution in [-0.4, -0.2) is 35.0 Å². The zero-order chi connectivity index (χ0) is 20.7. The largest absolute Gasteiger partial charge is 0.480 e. The topological polar surface area (TPSA) is 95.5 Å². The van der Waals surface area contributed by atoms with E-state index in [2.05, 4.69) is 10.6 Å². The van der Waals surface area contributed by atoms with Crippen LogP contribution in [0.15, 0.2) is 48.5 Å². The molecule has 2 aromatic rings. The third-order valence-electron chi connectivity index (χ3n) is 4.04. The Kier molecular flexibility index (Phi) is 7.20. The molecule has 0 bridgehead atoms. The Morgan fingerprint density at radius 3 is 2.14 bits per heavy atom. The average molecular weight is 390 g/mol. The second-order valence-electron chi connectivity index (χ2n) is 6.28. The van der Waals surface area contributed by atoms with Gasteiger partial charge in [0, 0.05) is 19.8 Å². The molecule has 0 saturated carbocycles. The van der Waals surface area contributed by atoms with E-state index in [0.717, 1.165) is 0 Å². The van der Waals surface area contributed by atoms with Crippen molar-refractivity contribution in [3.05, 3.63) is 71.3 Å². The molecule has 0 saturated heterocycles. The maximum absolute atomic E-state index is 13.8. The Hall–Kier alpha value is -3.29. The summed E-state index contributed by atoms with van der Waals surface area (Å²) in [7, 11) is 0. The molecule has 6 nitrogen and oxygen atoms in total. The minimum atomic E-state index is -1.38. The normalized spacial score (nSPS) is 12.7. The van der Waals surface area contributed by atoms with Crippen molar-refractivity contribution in [2.75, 3.05) is 0 Å². The molecule has 0 aliphatic heterocycles. The molecule has 148 valence electrons. The molecular formula is C20H20F2N2O4. The maximum atomic E-state index is 13.8. The Morgan fingerprint density at radius 2 is 1.57 bits per heavy atom. The monoisotopic (exact) mass is 390 g/mol. The molecule has 2 atom stereocenters. The van der Waals surface area contributed by atoms with Gasteiger partial charge in [0.2, 0.25) is 11.8 Å². The summed E-state index contributed by atoms with van der Waals surface area (Å²) < 4.78 is 26.9. The molecule has 2 rings (SSSR count). The molecule has 0 spiro atoms. The number of hydrogen-bond acceptors (Lipinski definition) is 3. The SMILES string of the molecule is CC(=O)N[C@@H](Cc1ccc(F)cc1)C(=O)N[C@@H](Cc1ccccc1F)C(=O)O. The Morgan fingerprint density at radius 1 is 0.929 bits per heavy atom. The van der Waals surface area contributed by atoms with Crippen molar-refractivity contribution < 1.29 is 28.3 Å². The second-order valence-corrected chi connectivity index (χ2v) is 6.28. The third kappa shape index (κ3) is 6.15. The van der Waals surface area contributed by atoms with Gasteiger partial charge >= 0.3 is 5.97 Å². The fraction of sp³-hybridized carbons (Fsp3) is 0.250. The Balaban J connectivity index is 2.14. The Bertz CT molecular complexity index is 856. The zero-order valence-electron chi connectivity index (χ0n) is 15.1. The second kappa shape index (κ2) is 9.59. The lowest BCUT2D eigenvalue weighted by Crippen LogP contribution is -2.52. The fourth-order valence-corrected chi connectivity index (χ4v) is 2.67. The molecule has 0 unspecified atom stereocenters. The number of benzene rings is 2. The summed E-state index contributed by atoms with van der Waals surface area (Å²) in [4.78, 5) is 35.5. The summed E-state index contributed by atoms with van der Waals surface area (Å²) in [5, 5.41) is 14.2. The number of hydrogen-bond donors (Lipinski definition) is 3. The van der Waals surface area contributed by atoms with Gasteiger partial charge in [0.15, 0.2) is 0 Å². The molecule has 0 fully saturated rings. The van der Waals surface area contributed by atoms with E-state index in [1.54, 1.807) is 6.07 Å². The average Bonchev–Trinajstić information content (AvgIpc) is 2.63. The van der Waals surface area contributed by atoms with Crippen LogP contribution in [0.5, 0.6) is 0 Å². The minimum Gasteiger partial charge on any atom is -0.480 e. The van der Waals surface area contributed by atoms with Gasteiger partial charge in [0.1, 0.15) is 23.7 Å². The number of amides is 2. The maximum Gasteiger partial charge on any atom is 0.326 e. The van der Waals surface area contributed by atoms with E-state index in [9.17, 15) is 28.3 Å². The van der Waals surface area contributed by atoms with Gasteiger partial charge in [-0.1, -0.05) is 30.3 Å². The predicted molar refractivity (Wildman–Crippen MR) is 97.4 cm³/mol. The molecule has 8 heteroatoms. The van der Waals surface area contributed by atoms with Crippen LogP contribution < -0.4 is 10.6 Å². The van der Waals surface area contributed by atoms with E-state index in [4.69, 9.17) is 0 Å². The highest BCUT2D eigenvalue weighted by Crippen LogP contribution is 2.11. The van der Waals surface area contributed by atoms with Gasteiger partial charge in [0.25, 0.3) is 0 Å². The Labute approximate surface area is 160 Å². The predicted octanol–water partition coefficient (Wildman–Crippen LogP) is 1.82. The molecule has 0 aromatic heterocycles. The van der Waals surface area contributed by atoms with Gasteiger partial charge < -0.3 is 15.7 Å². The molecule has 3 N–H and O–H groups in total. The number of halogens is 2. The van der Waals surface area contributed by atoms with Gasteiger partial charge in [-0.3, -0.25) is 9.59 Å². The molecule has 2 aromatic carbocycles. The van der Waals surface area contributed by atoms with Crippen LogP contribution >= 0.6 is 0 Å². The van der Waals surface area contributed by atoms with Gasteiger partial charge in [0.05, 0.1) is 0 Å². The van der Waals surface area contributed by atoms with E-state index in [-0.39, 0.29) is 18.4 Å². The number of rotatable bonds is 8. The number of nitrogens with one attached hydrogen (secondary N) is 2.